The fraction of sp³-hybridized carbons (Fsp3) is 0.333. The Balaban J connectivity index is 1.77. The number of thiophene rings is 1. The zero-order chi connectivity index (χ0) is 13.0. The van der Waals surface area contributed by atoms with Gasteiger partial charge in [0.1, 0.15) is 5.82 Å². The van der Waals surface area contributed by atoms with Gasteiger partial charge >= 0.3 is 0 Å². The number of fused-ring (bicyclic) bond motifs is 4. The van der Waals surface area contributed by atoms with Crippen molar-refractivity contribution in [3.05, 3.63) is 51.5 Å². The van der Waals surface area contributed by atoms with Gasteiger partial charge in [-0.05, 0) is 42.8 Å². The van der Waals surface area contributed by atoms with Crippen LogP contribution in [0.15, 0.2) is 30.3 Å². The van der Waals surface area contributed by atoms with Crippen LogP contribution in [0.4, 0.5) is 10.1 Å². The topological polar surface area (TPSA) is 12.5 Å². The lowest BCUT2D eigenvalue weighted by Gasteiger charge is -2.29. The average molecular weight is 275 g/mol. The van der Waals surface area contributed by atoms with E-state index >= 15 is 0 Å². The molecule has 0 radical (unpaired) electrons. The summed E-state index contributed by atoms with van der Waals surface area (Å²) in [5.74, 6) is -0.162. The Morgan fingerprint density at radius 1 is 1.32 bits per heavy atom. The van der Waals surface area contributed by atoms with E-state index in [0.29, 0.717) is 0 Å². The lowest BCUT2D eigenvalue weighted by molar-refractivity contribution is 0.0734. The van der Waals surface area contributed by atoms with Crippen molar-refractivity contribution in [1.29, 1.82) is 0 Å². The maximum absolute atomic E-state index is 13.3. The second-order valence-electron chi connectivity index (χ2n) is 5.23. The first-order chi connectivity index (χ1) is 9.20. The summed E-state index contributed by atoms with van der Waals surface area (Å²) in [6.45, 7) is 2.12. The van der Waals surface area contributed by atoms with Crippen LogP contribution >= 0.6 is 11.3 Å². The molecule has 2 aliphatic rings. The fourth-order valence-electron chi connectivity index (χ4n) is 3.01. The van der Waals surface area contributed by atoms with Crippen molar-refractivity contribution in [3.63, 3.8) is 0 Å². The van der Waals surface area contributed by atoms with Gasteiger partial charge in [0, 0.05) is 22.6 Å². The van der Waals surface area contributed by atoms with Crippen LogP contribution in [-0.4, -0.2) is 6.10 Å². The van der Waals surface area contributed by atoms with E-state index in [4.69, 9.17) is 4.84 Å². The van der Waals surface area contributed by atoms with E-state index in [2.05, 4.69) is 19.1 Å². The van der Waals surface area contributed by atoms with E-state index in [-0.39, 0.29) is 18.0 Å². The zero-order valence-electron chi connectivity index (χ0n) is 10.6. The molecule has 0 amide bonds. The molecule has 2 bridgehead atoms. The van der Waals surface area contributed by atoms with E-state index in [1.54, 1.807) is 6.07 Å². The van der Waals surface area contributed by atoms with Crippen LogP contribution in [0.5, 0.6) is 0 Å². The van der Waals surface area contributed by atoms with E-state index in [0.717, 1.165) is 24.1 Å². The third kappa shape index (κ3) is 1.78. The largest absolute Gasteiger partial charge is 0.269 e. The second-order valence-corrected chi connectivity index (χ2v) is 6.55. The summed E-state index contributed by atoms with van der Waals surface area (Å²) >= 11 is 1.82. The van der Waals surface area contributed by atoms with Crippen LogP contribution < -0.4 is 5.06 Å². The minimum absolute atomic E-state index is 0.162. The Morgan fingerprint density at radius 2 is 2.21 bits per heavy atom. The lowest BCUT2D eigenvalue weighted by Crippen LogP contribution is -2.27. The van der Waals surface area contributed by atoms with E-state index in [9.17, 15) is 4.39 Å². The molecule has 1 aromatic carbocycles. The number of nitrogens with zero attached hydrogens (tertiary/aromatic N) is 1. The quantitative estimate of drug-likeness (QED) is 0.780. The van der Waals surface area contributed by atoms with Gasteiger partial charge in [0.25, 0.3) is 0 Å². The number of aryl methyl sites for hydroxylation is 1. The van der Waals surface area contributed by atoms with Crippen molar-refractivity contribution in [1.82, 2.24) is 0 Å². The molecule has 1 aromatic heterocycles. The molecule has 3 heterocycles. The molecule has 0 spiro atoms. The van der Waals surface area contributed by atoms with Gasteiger partial charge in [-0.3, -0.25) is 4.84 Å². The SMILES string of the molecule is Cc1ccc([C@H]2C[C@@H]3Cc4cc(F)ccc4N2O3)s1. The standard InChI is InChI=1S/C15H14FNOS/c1-9-2-5-15(19-9)14-8-12-7-10-6-11(16)3-4-13(10)17(14)18-12/h2-6,12,14H,7-8H2,1H3/t12-,14+/m0/s1. The summed E-state index contributed by atoms with van der Waals surface area (Å²) in [6.07, 6.45) is 1.97. The molecule has 1 fully saturated rings. The van der Waals surface area contributed by atoms with Gasteiger partial charge in [-0.15, -0.1) is 11.3 Å². The van der Waals surface area contributed by atoms with Crippen molar-refractivity contribution in [2.45, 2.75) is 31.9 Å². The molecule has 0 N–H and O–H groups in total. The Hall–Kier alpha value is -1.39. The average Bonchev–Trinajstić information content (AvgIpc) is 2.94. The van der Waals surface area contributed by atoms with Gasteiger partial charge in [0.05, 0.1) is 17.8 Å². The minimum Gasteiger partial charge on any atom is -0.269 e. The minimum atomic E-state index is -0.162. The van der Waals surface area contributed by atoms with Crippen LogP contribution in [-0.2, 0) is 11.3 Å². The third-order valence-electron chi connectivity index (χ3n) is 3.85. The summed E-state index contributed by atoms with van der Waals surface area (Å²) in [5, 5.41) is 1.98. The predicted octanol–water partition coefficient (Wildman–Crippen LogP) is 4.00. The summed E-state index contributed by atoms with van der Waals surface area (Å²) in [5.41, 5.74) is 2.08. The number of rotatable bonds is 1. The zero-order valence-corrected chi connectivity index (χ0v) is 11.4. The number of hydroxylamine groups is 1. The van der Waals surface area contributed by atoms with Crippen molar-refractivity contribution in [2.24, 2.45) is 0 Å². The highest BCUT2D eigenvalue weighted by atomic mass is 32.1. The van der Waals surface area contributed by atoms with E-state index < -0.39 is 0 Å². The third-order valence-corrected chi connectivity index (χ3v) is 4.95. The Bertz CT molecular complexity index is 639. The van der Waals surface area contributed by atoms with Crippen LogP contribution in [0.2, 0.25) is 0 Å². The normalized spacial score (nSPS) is 24.6. The molecule has 4 rings (SSSR count). The summed E-state index contributed by atoms with van der Waals surface area (Å²) in [7, 11) is 0. The lowest BCUT2D eigenvalue weighted by atomic mass is 10.0. The summed E-state index contributed by atoms with van der Waals surface area (Å²) in [6, 6.07) is 9.58. The van der Waals surface area contributed by atoms with E-state index in [1.165, 1.54) is 15.8 Å². The van der Waals surface area contributed by atoms with Gasteiger partial charge in [-0.25, -0.2) is 9.45 Å². The Morgan fingerprint density at radius 3 is 3.00 bits per heavy atom. The van der Waals surface area contributed by atoms with Gasteiger partial charge in [0.2, 0.25) is 0 Å². The highest BCUT2D eigenvalue weighted by Gasteiger charge is 2.40. The maximum atomic E-state index is 13.3. The first-order valence-electron chi connectivity index (χ1n) is 6.51. The molecule has 4 heteroatoms. The predicted molar refractivity (Wildman–Crippen MR) is 73.9 cm³/mol. The molecule has 2 nitrogen and oxygen atoms in total. The number of benzene rings is 1. The van der Waals surface area contributed by atoms with Crippen molar-refractivity contribution in [2.75, 3.05) is 5.06 Å². The smallest absolute Gasteiger partial charge is 0.123 e. The Kier molecular flexibility index (Phi) is 2.44. The molecule has 0 aliphatic carbocycles. The van der Waals surface area contributed by atoms with Crippen LogP contribution in [0.1, 0.15) is 27.8 Å². The summed E-state index contributed by atoms with van der Waals surface area (Å²) in [4.78, 5) is 8.60. The van der Waals surface area contributed by atoms with Crippen LogP contribution in [0.25, 0.3) is 0 Å². The molecule has 19 heavy (non-hydrogen) atoms. The molecular formula is C15H14FNOS. The van der Waals surface area contributed by atoms with Crippen molar-refractivity contribution >= 4 is 17.0 Å². The molecule has 0 saturated carbocycles. The van der Waals surface area contributed by atoms with Gasteiger partial charge in [-0.2, -0.15) is 0 Å². The van der Waals surface area contributed by atoms with Gasteiger partial charge in [0.15, 0.2) is 0 Å². The van der Waals surface area contributed by atoms with Crippen molar-refractivity contribution in [3.8, 4) is 0 Å². The van der Waals surface area contributed by atoms with Gasteiger partial charge < -0.3 is 0 Å². The molecule has 2 aromatic rings. The number of hydrogen-bond acceptors (Lipinski definition) is 3. The summed E-state index contributed by atoms with van der Waals surface area (Å²) < 4.78 is 13.3. The molecular weight excluding hydrogens is 261 g/mol. The van der Waals surface area contributed by atoms with Crippen molar-refractivity contribution < 1.29 is 9.23 Å². The van der Waals surface area contributed by atoms with E-state index in [1.807, 2.05) is 22.5 Å². The highest BCUT2D eigenvalue weighted by Crippen LogP contribution is 2.46. The monoisotopic (exact) mass is 275 g/mol. The van der Waals surface area contributed by atoms with Crippen LogP contribution in [0, 0.1) is 12.7 Å². The molecule has 2 atom stereocenters. The molecule has 2 aliphatic heterocycles. The molecule has 98 valence electrons. The number of hydrogen-bond donors (Lipinski definition) is 0. The first kappa shape index (κ1) is 11.4. The fourth-order valence-corrected chi connectivity index (χ4v) is 3.98. The first-order valence-corrected chi connectivity index (χ1v) is 7.33. The Labute approximate surface area is 115 Å². The highest BCUT2D eigenvalue weighted by molar-refractivity contribution is 7.12. The number of halogens is 1. The number of anilines is 1. The maximum Gasteiger partial charge on any atom is 0.123 e. The van der Waals surface area contributed by atoms with Crippen LogP contribution in [0.3, 0.4) is 0 Å². The molecule has 0 unspecified atom stereocenters. The van der Waals surface area contributed by atoms with Gasteiger partial charge in [-0.1, -0.05) is 0 Å². The molecule has 1 saturated heterocycles. The second kappa shape index (κ2) is 4.05.